The predicted molar refractivity (Wildman–Crippen MR) is 95.2 cm³/mol. The topological polar surface area (TPSA) is 92.3 Å². The number of carbonyl (C=O) groups excluding carboxylic acids is 2. The van der Waals surface area contributed by atoms with Gasteiger partial charge in [-0.1, -0.05) is 0 Å². The summed E-state index contributed by atoms with van der Waals surface area (Å²) in [4.78, 5) is 27.0. The first-order valence-corrected chi connectivity index (χ1v) is 8.40. The van der Waals surface area contributed by atoms with Gasteiger partial charge in [0.2, 0.25) is 11.8 Å². The maximum atomic E-state index is 14.2. The summed E-state index contributed by atoms with van der Waals surface area (Å²) in [6.07, 6.45) is 0. The van der Waals surface area contributed by atoms with Gasteiger partial charge in [-0.3, -0.25) is 9.59 Å². The van der Waals surface area contributed by atoms with Crippen molar-refractivity contribution >= 4 is 34.0 Å². The van der Waals surface area contributed by atoms with Crippen LogP contribution in [0.15, 0.2) is 23.6 Å². The zero-order valence-electron chi connectivity index (χ0n) is 13.9. The van der Waals surface area contributed by atoms with Gasteiger partial charge in [-0.2, -0.15) is 0 Å². The molecule has 1 heterocycles. The number of aromatic nitrogens is 1. The molecule has 2 amide bonds. The molecule has 134 valence electrons. The molecule has 0 radical (unpaired) electrons. The summed E-state index contributed by atoms with van der Waals surface area (Å²) in [6, 6.07) is 4.36. The molecule has 3 N–H and O–H groups in total. The normalized spacial score (nSPS) is 10.5. The van der Waals surface area contributed by atoms with Crippen LogP contribution in [-0.2, 0) is 14.3 Å². The van der Waals surface area contributed by atoms with E-state index in [2.05, 4.69) is 20.9 Å². The van der Waals surface area contributed by atoms with Gasteiger partial charge in [0, 0.05) is 37.2 Å². The number of methoxy groups -OCH3 is 1. The van der Waals surface area contributed by atoms with Crippen molar-refractivity contribution in [2.45, 2.75) is 6.92 Å². The van der Waals surface area contributed by atoms with Crippen molar-refractivity contribution in [3.63, 3.8) is 0 Å². The SMILES string of the molecule is COCCNCC(=O)Nc1nc(-c2ccc(NC(C)=O)cc2F)cs1. The zero-order chi connectivity index (χ0) is 18.2. The number of hydrogen-bond acceptors (Lipinski definition) is 6. The number of carbonyl (C=O) groups is 2. The molecule has 2 rings (SSSR count). The van der Waals surface area contributed by atoms with Crippen LogP contribution in [0.25, 0.3) is 11.3 Å². The fraction of sp³-hybridized carbons (Fsp3) is 0.312. The largest absolute Gasteiger partial charge is 0.383 e. The number of hydrogen-bond donors (Lipinski definition) is 3. The Hall–Kier alpha value is -2.36. The maximum absolute atomic E-state index is 14.2. The second-order valence-corrected chi connectivity index (χ2v) is 5.99. The molecule has 0 unspecified atom stereocenters. The van der Waals surface area contributed by atoms with Crippen LogP contribution in [0.4, 0.5) is 15.2 Å². The number of amides is 2. The lowest BCUT2D eigenvalue weighted by molar-refractivity contribution is -0.115. The molecular weight excluding hydrogens is 347 g/mol. The number of rotatable bonds is 8. The summed E-state index contributed by atoms with van der Waals surface area (Å²) >= 11 is 1.21. The molecule has 0 aliphatic rings. The van der Waals surface area contributed by atoms with E-state index in [4.69, 9.17) is 4.74 Å². The Morgan fingerprint density at radius 1 is 1.32 bits per heavy atom. The molecule has 7 nitrogen and oxygen atoms in total. The van der Waals surface area contributed by atoms with E-state index >= 15 is 0 Å². The Balaban J connectivity index is 1.98. The van der Waals surface area contributed by atoms with Gasteiger partial charge < -0.3 is 20.7 Å². The van der Waals surface area contributed by atoms with Crippen LogP contribution < -0.4 is 16.0 Å². The summed E-state index contributed by atoms with van der Waals surface area (Å²) in [6.45, 7) is 2.57. The molecular formula is C16H19FN4O3S. The molecule has 0 bridgehead atoms. The van der Waals surface area contributed by atoms with Crippen LogP contribution in [-0.4, -0.2) is 43.6 Å². The number of ether oxygens (including phenoxy) is 1. The van der Waals surface area contributed by atoms with Crippen molar-refractivity contribution in [2.24, 2.45) is 0 Å². The second kappa shape index (κ2) is 9.21. The standard InChI is InChI=1S/C16H19FN4O3S/c1-10(22)19-11-3-4-12(13(17)7-11)14-9-25-16(20-14)21-15(23)8-18-5-6-24-2/h3-4,7,9,18H,5-6,8H2,1-2H3,(H,19,22)(H,20,21,23). The van der Waals surface area contributed by atoms with Crippen LogP contribution in [0.5, 0.6) is 0 Å². The minimum atomic E-state index is -0.504. The van der Waals surface area contributed by atoms with Crippen molar-refractivity contribution in [3.8, 4) is 11.3 Å². The summed E-state index contributed by atoms with van der Waals surface area (Å²) in [5.74, 6) is -1.01. The van der Waals surface area contributed by atoms with E-state index in [1.165, 1.54) is 30.4 Å². The highest BCUT2D eigenvalue weighted by Gasteiger charge is 2.12. The molecule has 0 aliphatic heterocycles. The number of thiazole rings is 1. The van der Waals surface area contributed by atoms with Gasteiger partial charge in [-0.05, 0) is 18.2 Å². The van der Waals surface area contributed by atoms with Crippen LogP contribution in [0.1, 0.15) is 6.92 Å². The van der Waals surface area contributed by atoms with E-state index in [-0.39, 0.29) is 18.4 Å². The molecule has 1 aromatic carbocycles. The van der Waals surface area contributed by atoms with Crippen LogP contribution in [0, 0.1) is 5.82 Å². The molecule has 2 aromatic rings. The molecule has 0 aliphatic carbocycles. The number of halogens is 1. The van der Waals surface area contributed by atoms with E-state index in [1.54, 1.807) is 18.6 Å². The number of anilines is 2. The minimum Gasteiger partial charge on any atom is -0.383 e. The zero-order valence-corrected chi connectivity index (χ0v) is 14.7. The highest BCUT2D eigenvalue weighted by molar-refractivity contribution is 7.14. The summed E-state index contributed by atoms with van der Waals surface area (Å²) < 4.78 is 19.1. The summed E-state index contributed by atoms with van der Waals surface area (Å²) in [7, 11) is 1.58. The van der Waals surface area contributed by atoms with Crippen molar-refractivity contribution in [1.29, 1.82) is 0 Å². The molecule has 1 aromatic heterocycles. The number of benzene rings is 1. The molecule has 0 fully saturated rings. The summed E-state index contributed by atoms with van der Waals surface area (Å²) in [5, 5.41) is 10.1. The van der Waals surface area contributed by atoms with E-state index in [0.29, 0.717) is 35.2 Å². The highest BCUT2D eigenvalue weighted by atomic mass is 32.1. The Bertz CT molecular complexity index is 751. The Kier molecular flexibility index (Phi) is 6.99. The van der Waals surface area contributed by atoms with Crippen molar-refractivity contribution in [1.82, 2.24) is 10.3 Å². The highest BCUT2D eigenvalue weighted by Crippen LogP contribution is 2.28. The first-order chi connectivity index (χ1) is 12.0. The first kappa shape index (κ1) is 19.0. The van der Waals surface area contributed by atoms with Gasteiger partial charge in [-0.15, -0.1) is 11.3 Å². The van der Waals surface area contributed by atoms with Crippen molar-refractivity contribution in [3.05, 3.63) is 29.4 Å². The average molecular weight is 366 g/mol. The Labute approximate surface area is 148 Å². The van der Waals surface area contributed by atoms with E-state index in [1.807, 2.05) is 0 Å². The quantitative estimate of drug-likeness (QED) is 0.622. The summed E-state index contributed by atoms with van der Waals surface area (Å²) in [5.41, 5.74) is 1.09. The van der Waals surface area contributed by atoms with Gasteiger partial charge in [0.05, 0.1) is 18.8 Å². The third-order valence-electron chi connectivity index (χ3n) is 3.08. The van der Waals surface area contributed by atoms with Crippen LogP contribution >= 0.6 is 11.3 Å². The van der Waals surface area contributed by atoms with Gasteiger partial charge >= 0.3 is 0 Å². The van der Waals surface area contributed by atoms with Crippen LogP contribution in [0.3, 0.4) is 0 Å². The van der Waals surface area contributed by atoms with Crippen molar-refractivity contribution in [2.75, 3.05) is 37.4 Å². The fourth-order valence-corrected chi connectivity index (χ4v) is 2.73. The molecule has 0 atom stereocenters. The third kappa shape index (κ3) is 5.89. The average Bonchev–Trinajstić information content (AvgIpc) is 2.99. The third-order valence-corrected chi connectivity index (χ3v) is 3.84. The molecule has 9 heteroatoms. The van der Waals surface area contributed by atoms with Gasteiger partial charge in [0.25, 0.3) is 0 Å². The number of nitrogens with zero attached hydrogens (tertiary/aromatic N) is 1. The predicted octanol–water partition coefficient (Wildman–Crippen LogP) is 2.08. The van der Waals surface area contributed by atoms with E-state index in [0.717, 1.165) is 0 Å². The molecule has 25 heavy (non-hydrogen) atoms. The number of nitrogens with one attached hydrogen (secondary N) is 3. The van der Waals surface area contributed by atoms with Gasteiger partial charge in [0.1, 0.15) is 5.82 Å². The lowest BCUT2D eigenvalue weighted by Gasteiger charge is -2.05. The minimum absolute atomic E-state index is 0.137. The van der Waals surface area contributed by atoms with Crippen LogP contribution in [0.2, 0.25) is 0 Å². The van der Waals surface area contributed by atoms with E-state index < -0.39 is 5.82 Å². The Morgan fingerprint density at radius 3 is 2.80 bits per heavy atom. The fourth-order valence-electron chi connectivity index (χ4n) is 2.00. The van der Waals surface area contributed by atoms with Gasteiger partial charge in [0.15, 0.2) is 5.13 Å². The maximum Gasteiger partial charge on any atom is 0.240 e. The van der Waals surface area contributed by atoms with Gasteiger partial charge in [-0.25, -0.2) is 9.37 Å². The molecule has 0 saturated carbocycles. The lowest BCUT2D eigenvalue weighted by Crippen LogP contribution is -2.30. The second-order valence-electron chi connectivity index (χ2n) is 5.13. The smallest absolute Gasteiger partial charge is 0.240 e. The van der Waals surface area contributed by atoms with Crippen molar-refractivity contribution < 1.29 is 18.7 Å². The lowest BCUT2D eigenvalue weighted by atomic mass is 10.1. The molecule has 0 saturated heterocycles. The van der Waals surface area contributed by atoms with E-state index in [9.17, 15) is 14.0 Å². The molecule has 0 spiro atoms. The monoisotopic (exact) mass is 366 g/mol. The Morgan fingerprint density at radius 2 is 2.12 bits per heavy atom. The first-order valence-electron chi connectivity index (χ1n) is 7.52.